The molecule has 0 aliphatic carbocycles. The minimum absolute atomic E-state index is 0.109. The molecule has 1 aliphatic heterocycles. The van der Waals surface area contributed by atoms with Gasteiger partial charge in [0.05, 0.1) is 11.0 Å². The van der Waals surface area contributed by atoms with E-state index in [0.29, 0.717) is 18.1 Å². The normalized spacial score (nSPS) is 15.1. The Morgan fingerprint density at radius 3 is 2.46 bits per heavy atom. The van der Waals surface area contributed by atoms with Crippen molar-refractivity contribution in [3.63, 3.8) is 0 Å². The molecule has 1 aliphatic rings. The highest BCUT2D eigenvalue weighted by atomic mass is 16.5. The summed E-state index contributed by atoms with van der Waals surface area (Å²) in [6.45, 7) is 5.19. The van der Waals surface area contributed by atoms with E-state index in [1.807, 2.05) is 62.5 Å². The van der Waals surface area contributed by atoms with Crippen LogP contribution in [0.4, 0.5) is 11.6 Å². The zero-order valence-corrected chi connectivity index (χ0v) is 16.4. The summed E-state index contributed by atoms with van der Waals surface area (Å²) < 4.78 is 5.93. The Bertz CT molecular complexity index is 1020. The largest absolute Gasteiger partial charge is 0.481 e. The number of hydrogen-bond donors (Lipinski definition) is 0. The smallest absolute Gasteiger partial charge is 0.269 e. The van der Waals surface area contributed by atoms with Gasteiger partial charge in [-0.05, 0) is 50.1 Å². The maximum atomic E-state index is 13.3. The van der Waals surface area contributed by atoms with Crippen LogP contribution in [0.3, 0.4) is 0 Å². The SMILES string of the molecule is Cc1cccc(O[C@H](C)C(=O)N2CCCN(C)c3nc4ccccc4nc32)c1. The molecule has 0 saturated carbocycles. The Balaban J connectivity index is 1.68. The van der Waals surface area contributed by atoms with Gasteiger partial charge in [-0.3, -0.25) is 9.69 Å². The summed E-state index contributed by atoms with van der Waals surface area (Å²) in [7, 11) is 1.99. The molecule has 2 aromatic carbocycles. The van der Waals surface area contributed by atoms with Gasteiger partial charge in [-0.2, -0.15) is 0 Å². The third kappa shape index (κ3) is 3.50. The van der Waals surface area contributed by atoms with Crippen LogP contribution in [-0.4, -0.2) is 42.1 Å². The van der Waals surface area contributed by atoms with Crippen LogP contribution in [0.25, 0.3) is 11.0 Å². The molecule has 3 aromatic rings. The number of anilines is 2. The van der Waals surface area contributed by atoms with Gasteiger partial charge in [0.1, 0.15) is 5.75 Å². The van der Waals surface area contributed by atoms with E-state index in [4.69, 9.17) is 14.7 Å². The van der Waals surface area contributed by atoms with Crippen molar-refractivity contribution in [1.29, 1.82) is 0 Å². The molecule has 28 heavy (non-hydrogen) atoms. The van der Waals surface area contributed by atoms with Crippen LogP contribution in [0, 0.1) is 6.92 Å². The molecule has 1 aromatic heterocycles. The molecule has 4 rings (SSSR count). The summed E-state index contributed by atoms with van der Waals surface area (Å²) in [4.78, 5) is 26.6. The summed E-state index contributed by atoms with van der Waals surface area (Å²) in [5.74, 6) is 1.91. The molecule has 1 amide bonds. The number of aryl methyl sites for hydroxylation is 1. The van der Waals surface area contributed by atoms with Crippen molar-refractivity contribution in [2.75, 3.05) is 29.9 Å². The summed E-state index contributed by atoms with van der Waals surface area (Å²) in [6, 6.07) is 15.5. The molecule has 0 spiro atoms. The monoisotopic (exact) mass is 376 g/mol. The van der Waals surface area contributed by atoms with E-state index < -0.39 is 6.10 Å². The van der Waals surface area contributed by atoms with Gasteiger partial charge in [0.15, 0.2) is 17.7 Å². The molecule has 6 nitrogen and oxygen atoms in total. The van der Waals surface area contributed by atoms with Gasteiger partial charge in [0.25, 0.3) is 5.91 Å². The first-order valence-electron chi connectivity index (χ1n) is 9.55. The number of fused-ring (bicyclic) bond motifs is 2. The van der Waals surface area contributed by atoms with Gasteiger partial charge in [0.2, 0.25) is 0 Å². The Morgan fingerprint density at radius 2 is 1.75 bits per heavy atom. The maximum Gasteiger partial charge on any atom is 0.269 e. The quantitative estimate of drug-likeness (QED) is 0.699. The van der Waals surface area contributed by atoms with E-state index in [9.17, 15) is 4.79 Å². The molecule has 2 heterocycles. The summed E-state index contributed by atoms with van der Waals surface area (Å²) >= 11 is 0. The van der Waals surface area contributed by atoms with E-state index in [1.54, 1.807) is 11.8 Å². The highest BCUT2D eigenvalue weighted by Gasteiger charge is 2.30. The highest BCUT2D eigenvalue weighted by Crippen LogP contribution is 2.31. The van der Waals surface area contributed by atoms with Crippen LogP contribution in [0.1, 0.15) is 18.9 Å². The minimum Gasteiger partial charge on any atom is -0.481 e. The molecular formula is C22H24N4O2. The number of amides is 1. The first-order valence-corrected chi connectivity index (χ1v) is 9.55. The number of nitrogens with zero attached hydrogens (tertiary/aromatic N) is 4. The lowest BCUT2D eigenvalue weighted by molar-refractivity contribution is -0.124. The Kier molecular flexibility index (Phi) is 4.86. The van der Waals surface area contributed by atoms with Crippen molar-refractivity contribution in [3.8, 4) is 5.75 Å². The molecular weight excluding hydrogens is 352 g/mol. The van der Waals surface area contributed by atoms with Gasteiger partial charge >= 0.3 is 0 Å². The Morgan fingerprint density at radius 1 is 1.04 bits per heavy atom. The van der Waals surface area contributed by atoms with Gasteiger partial charge in [-0.25, -0.2) is 9.97 Å². The molecule has 0 saturated heterocycles. The third-order valence-electron chi connectivity index (χ3n) is 4.94. The molecule has 0 N–H and O–H groups in total. The first kappa shape index (κ1) is 18.2. The lowest BCUT2D eigenvalue weighted by atomic mass is 10.2. The second-order valence-corrected chi connectivity index (χ2v) is 7.20. The van der Waals surface area contributed by atoms with Crippen LogP contribution in [0.5, 0.6) is 5.75 Å². The van der Waals surface area contributed by atoms with Crippen LogP contribution >= 0.6 is 0 Å². The molecule has 144 valence electrons. The van der Waals surface area contributed by atoms with Crippen LogP contribution in [-0.2, 0) is 4.79 Å². The summed E-state index contributed by atoms with van der Waals surface area (Å²) in [5, 5.41) is 0. The molecule has 0 fully saturated rings. The fraction of sp³-hybridized carbons (Fsp3) is 0.318. The number of carbonyl (C=O) groups excluding carboxylic acids is 1. The van der Waals surface area contributed by atoms with E-state index >= 15 is 0 Å². The molecule has 6 heteroatoms. The van der Waals surface area contributed by atoms with Crippen molar-refractivity contribution in [2.45, 2.75) is 26.4 Å². The standard InChI is InChI=1S/C22H24N4O2/c1-15-8-6-9-17(14-15)28-16(2)22(27)26-13-7-12-25(3)20-21(26)24-19-11-5-4-10-18(19)23-20/h4-6,8-11,14,16H,7,12-13H2,1-3H3/t16-/m1/s1. The number of hydrogen-bond acceptors (Lipinski definition) is 5. The number of aromatic nitrogens is 2. The third-order valence-corrected chi connectivity index (χ3v) is 4.94. The predicted octanol–water partition coefficient (Wildman–Crippen LogP) is 3.58. The fourth-order valence-corrected chi connectivity index (χ4v) is 3.47. The van der Waals surface area contributed by atoms with Crippen LogP contribution < -0.4 is 14.5 Å². The van der Waals surface area contributed by atoms with E-state index in [-0.39, 0.29) is 5.91 Å². The molecule has 0 bridgehead atoms. The average Bonchev–Trinajstić information content (AvgIpc) is 2.84. The molecule has 0 unspecified atom stereocenters. The van der Waals surface area contributed by atoms with Crippen molar-refractivity contribution in [2.24, 2.45) is 0 Å². The van der Waals surface area contributed by atoms with E-state index in [1.165, 1.54) is 0 Å². The second kappa shape index (κ2) is 7.46. The zero-order chi connectivity index (χ0) is 19.7. The summed E-state index contributed by atoms with van der Waals surface area (Å²) in [6.07, 6.45) is 0.222. The van der Waals surface area contributed by atoms with Crippen molar-refractivity contribution in [3.05, 3.63) is 54.1 Å². The second-order valence-electron chi connectivity index (χ2n) is 7.20. The maximum absolute atomic E-state index is 13.3. The Labute approximate surface area is 164 Å². The lowest BCUT2D eigenvalue weighted by Gasteiger charge is -2.25. The van der Waals surface area contributed by atoms with Crippen molar-refractivity contribution < 1.29 is 9.53 Å². The zero-order valence-electron chi connectivity index (χ0n) is 16.4. The van der Waals surface area contributed by atoms with E-state index in [2.05, 4.69) is 4.90 Å². The first-order chi connectivity index (χ1) is 13.5. The van der Waals surface area contributed by atoms with Crippen LogP contribution in [0.2, 0.25) is 0 Å². The van der Waals surface area contributed by atoms with E-state index in [0.717, 1.165) is 35.4 Å². The number of carbonyl (C=O) groups is 1. The van der Waals surface area contributed by atoms with Crippen molar-refractivity contribution >= 4 is 28.6 Å². The molecule has 0 radical (unpaired) electrons. The van der Waals surface area contributed by atoms with Gasteiger partial charge in [-0.15, -0.1) is 0 Å². The lowest BCUT2D eigenvalue weighted by Crippen LogP contribution is -2.41. The van der Waals surface area contributed by atoms with Crippen LogP contribution in [0.15, 0.2) is 48.5 Å². The van der Waals surface area contributed by atoms with Gasteiger partial charge in [0, 0.05) is 20.1 Å². The topological polar surface area (TPSA) is 58.6 Å². The Hall–Kier alpha value is -3.15. The fourth-order valence-electron chi connectivity index (χ4n) is 3.47. The number of para-hydroxylation sites is 2. The summed E-state index contributed by atoms with van der Waals surface area (Å²) in [5.41, 5.74) is 2.70. The highest BCUT2D eigenvalue weighted by molar-refractivity contribution is 5.99. The number of rotatable bonds is 3. The number of ether oxygens (including phenoxy) is 1. The minimum atomic E-state index is -0.619. The number of benzene rings is 2. The van der Waals surface area contributed by atoms with Gasteiger partial charge < -0.3 is 9.64 Å². The van der Waals surface area contributed by atoms with Crippen molar-refractivity contribution in [1.82, 2.24) is 9.97 Å². The predicted molar refractivity (Wildman–Crippen MR) is 111 cm³/mol. The average molecular weight is 376 g/mol. The van der Waals surface area contributed by atoms with Gasteiger partial charge in [-0.1, -0.05) is 24.3 Å². The molecule has 1 atom stereocenters.